The van der Waals surface area contributed by atoms with Crippen molar-refractivity contribution in [3.05, 3.63) is 34.4 Å². The molecule has 0 radical (unpaired) electrons. The molecule has 2 rings (SSSR count). The topological polar surface area (TPSA) is 35.9 Å². The van der Waals surface area contributed by atoms with Gasteiger partial charge in [-0.15, -0.1) is 0 Å². The molecule has 1 atom stereocenters. The maximum Gasteiger partial charge on any atom is 0.0255 e. The van der Waals surface area contributed by atoms with Crippen molar-refractivity contribution in [1.29, 1.82) is 5.41 Å². The Hall–Kier alpha value is -1.15. The van der Waals surface area contributed by atoms with Gasteiger partial charge in [0.25, 0.3) is 0 Å². The van der Waals surface area contributed by atoms with Crippen molar-refractivity contribution in [3.8, 4) is 0 Å². The lowest BCUT2D eigenvalue weighted by Crippen LogP contribution is -2.33. The molecule has 2 nitrogen and oxygen atoms in total. The predicted molar refractivity (Wildman–Crippen MR) is 59.1 cm³/mol. The number of aryl methyl sites for hydroxylation is 1. The van der Waals surface area contributed by atoms with Crippen molar-refractivity contribution >= 4 is 6.21 Å². The molecule has 0 bridgehead atoms. The molecule has 1 aliphatic rings. The van der Waals surface area contributed by atoms with Gasteiger partial charge in [0.1, 0.15) is 0 Å². The minimum Gasteiger partial charge on any atom is -0.310 e. The van der Waals surface area contributed by atoms with Gasteiger partial charge in [0.2, 0.25) is 0 Å². The summed E-state index contributed by atoms with van der Waals surface area (Å²) in [4.78, 5) is 0. The maximum absolute atomic E-state index is 7.45. The Morgan fingerprint density at radius 1 is 1.50 bits per heavy atom. The largest absolute Gasteiger partial charge is 0.310 e. The highest BCUT2D eigenvalue weighted by atomic mass is 14.9. The number of fused-ring (bicyclic) bond motifs is 1. The van der Waals surface area contributed by atoms with Gasteiger partial charge in [-0.2, -0.15) is 0 Å². The first-order valence-electron chi connectivity index (χ1n) is 5.07. The highest BCUT2D eigenvalue weighted by molar-refractivity contribution is 5.82. The van der Waals surface area contributed by atoms with Crippen LogP contribution in [-0.4, -0.2) is 12.3 Å². The van der Waals surface area contributed by atoms with Gasteiger partial charge in [0.15, 0.2) is 0 Å². The number of rotatable bonds is 1. The molecule has 0 saturated heterocycles. The lowest BCUT2D eigenvalue weighted by atomic mass is 9.90. The van der Waals surface area contributed by atoms with Crippen LogP contribution in [0.25, 0.3) is 0 Å². The van der Waals surface area contributed by atoms with Gasteiger partial charge in [0.05, 0.1) is 0 Å². The normalized spacial score (nSPS) is 20.3. The number of benzene rings is 1. The lowest BCUT2D eigenvalue weighted by Gasteiger charge is -2.25. The molecule has 0 unspecified atom stereocenters. The molecule has 0 aromatic heterocycles. The monoisotopic (exact) mass is 188 g/mol. The predicted octanol–water partition coefficient (Wildman–Crippen LogP) is 2.03. The highest BCUT2D eigenvalue weighted by Crippen LogP contribution is 2.22. The molecule has 0 amide bonds. The molecule has 74 valence electrons. The Bertz CT molecular complexity index is 369. The van der Waals surface area contributed by atoms with E-state index in [1.54, 1.807) is 0 Å². The number of hydrogen-bond donors (Lipinski definition) is 2. The molecule has 0 saturated carbocycles. The smallest absolute Gasteiger partial charge is 0.0255 e. The number of hydrogen-bond acceptors (Lipinski definition) is 2. The Balaban J connectivity index is 2.54. The minimum atomic E-state index is 0.531. The Labute approximate surface area is 84.9 Å². The van der Waals surface area contributed by atoms with Gasteiger partial charge >= 0.3 is 0 Å². The van der Waals surface area contributed by atoms with Crippen molar-refractivity contribution in [3.63, 3.8) is 0 Å². The summed E-state index contributed by atoms with van der Waals surface area (Å²) in [5, 5.41) is 10.9. The highest BCUT2D eigenvalue weighted by Gasteiger charge is 2.17. The molecule has 14 heavy (non-hydrogen) atoms. The molecule has 1 heterocycles. The van der Waals surface area contributed by atoms with Crippen molar-refractivity contribution in [2.24, 2.45) is 0 Å². The standard InChI is InChI=1S/C12H16N2/c1-8-3-4-10-7-14-9(2)5-11(10)12(8)6-13/h3-4,6,9,13-14H,5,7H2,1-2H3/t9-/m1/s1. The molecular weight excluding hydrogens is 172 g/mol. The van der Waals surface area contributed by atoms with E-state index in [9.17, 15) is 0 Å². The summed E-state index contributed by atoms with van der Waals surface area (Å²) in [5.41, 5.74) is 5.06. The molecule has 1 aromatic carbocycles. The molecular formula is C12H16N2. The Morgan fingerprint density at radius 2 is 2.29 bits per heavy atom. The molecule has 1 aromatic rings. The summed E-state index contributed by atoms with van der Waals surface area (Å²) >= 11 is 0. The van der Waals surface area contributed by atoms with Gasteiger partial charge in [0, 0.05) is 18.8 Å². The van der Waals surface area contributed by atoms with Crippen LogP contribution in [0.4, 0.5) is 0 Å². The van der Waals surface area contributed by atoms with Crippen molar-refractivity contribution in [2.75, 3.05) is 0 Å². The summed E-state index contributed by atoms with van der Waals surface area (Å²) in [5.74, 6) is 0. The van der Waals surface area contributed by atoms with Gasteiger partial charge < -0.3 is 10.7 Å². The fourth-order valence-electron chi connectivity index (χ4n) is 2.10. The SMILES string of the molecule is Cc1ccc2c(c1C=N)C[C@@H](C)NC2. The summed E-state index contributed by atoms with van der Waals surface area (Å²) < 4.78 is 0. The van der Waals surface area contributed by atoms with E-state index < -0.39 is 0 Å². The van der Waals surface area contributed by atoms with E-state index in [1.165, 1.54) is 22.9 Å². The maximum atomic E-state index is 7.45. The van der Waals surface area contributed by atoms with Gasteiger partial charge in [-0.3, -0.25) is 0 Å². The van der Waals surface area contributed by atoms with Crippen LogP contribution in [0.2, 0.25) is 0 Å². The fourth-order valence-corrected chi connectivity index (χ4v) is 2.10. The summed E-state index contributed by atoms with van der Waals surface area (Å²) in [6, 6.07) is 4.82. The van der Waals surface area contributed by atoms with Crippen LogP contribution < -0.4 is 5.32 Å². The van der Waals surface area contributed by atoms with Gasteiger partial charge in [-0.05, 0) is 42.5 Å². The van der Waals surface area contributed by atoms with E-state index >= 15 is 0 Å². The Morgan fingerprint density at radius 3 is 3.00 bits per heavy atom. The van der Waals surface area contributed by atoms with Gasteiger partial charge in [-0.1, -0.05) is 12.1 Å². The first kappa shape index (κ1) is 9.41. The van der Waals surface area contributed by atoms with E-state index in [0.717, 1.165) is 18.5 Å². The third kappa shape index (κ3) is 1.46. The van der Waals surface area contributed by atoms with Crippen LogP contribution in [0, 0.1) is 12.3 Å². The average molecular weight is 188 g/mol. The zero-order chi connectivity index (χ0) is 10.1. The van der Waals surface area contributed by atoms with Crippen LogP contribution >= 0.6 is 0 Å². The molecule has 2 N–H and O–H groups in total. The second kappa shape index (κ2) is 3.54. The molecule has 0 fully saturated rings. The molecule has 0 spiro atoms. The number of nitrogens with one attached hydrogen (secondary N) is 2. The Kier molecular flexibility index (Phi) is 2.38. The summed E-state index contributed by atoms with van der Waals surface area (Å²) in [6.07, 6.45) is 2.54. The summed E-state index contributed by atoms with van der Waals surface area (Å²) in [6.45, 7) is 5.21. The molecule has 2 heteroatoms. The van der Waals surface area contributed by atoms with Crippen molar-refractivity contribution in [2.45, 2.75) is 32.9 Å². The van der Waals surface area contributed by atoms with Crippen LogP contribution in [-0.2, 0) is 13.0 Å². The average Bonchev–Trinajstić information content (AvgIpc) is 2.17. The van der Waals surface area contributed by atoms with Crippen LogP contribution in [0.5, 0.6) is 0 Å². The van der Waals surface area contributed by atoms with Crippen LogP contribution in [0.15, 0.2) is 12.1 Å². The zero-order valence-corrected chi connectivity index (χ0v) is 8.72. The molecule has 0 aliphatic carbocycles. The van der Waals surface area contributed by atoms with E-state index in [2.05, 4.69) is 31.3 Å². The zero-order valence-electron chi connectivity index (χ0n) is 8.72. The van der Waals surface area contributed by atoms with Crippen molar-refractivity contribution < 1.29 is 0 Å². The summed E-state index contributed by atoms with van der Waals surface area (Å²) in [7, 11) is 0. The van der Waals surface area contributed by atoms with E-state index in [1.807, 2.05) is 0 Å². The second-order valence-corrected chi connectivity index (χ2v) is 4.06. The lowest BCUT2D eigenvalue weighted by molar-refractivity contribution is 0.513. The van der Waals surface area contributed by atoms with Crippen LogP contribution in [0.3, 0.4) is 0 Å². The van der Waals surface area contributed by atoms with E-state index in [4.69, 9.17) is 5.41 Å². The van der Waals surface area contributed by atoms with Crippen LogP contribution in [0.1, 0.15) is 29.2 Å². The van der Waals surface area contributed by atoms with Crippen molar-refractivity contribution in [1.82, 2.24) is 5.32 Å². The second-order valence-electron chi connectivity index (χ2n) is 4.06. The quantitative estimate of drug-likeness (QED) is 0.650. The van der Waals surface area contributed by atoms with E-state index in [0.29, 0.717) is 6.04 Å². The minimum absolute atomic E-state index is 0.531. The van der Waals surface area contributed by atoms with Gasteiger partial charge in [-0.25, -0.2) is 0 Å². The fraction of sp³-hybridized carbons (Fsp3) is 0.417. The van der Waals surface area contributed by atoms with E-state index in [-0.39, 0.29) is 0 Å². The molecule has 1 aliphatic heterocycles. The first-order chi connectivity index (χ1) is 6.72. The third-order valence-corrected chi connectivity index (χ3v) is 2.97. The third-order valence-electron chi connectivity index (χ3n) is 2.97. The first-order valence-corrected chi connectivity index (χ1v) is 5.07.